The molecule has 0 radical (unpaired) electrons. The zero-order valence-corrected chi connectivity index (χ0v) is 20.0. The van der Waals surface area contributed by atoms with Crippen LogP contribution in [0, 0.1) is 0 Å². The molecule has 0 bridgehead atoms. The number of urea groups is 1. The summed E-state index contributed by atoms with van der Waals surface area (Å²) in [5, 5.41) is 18.9. The first-order valence-electron chi connectivity index (χ1n) is 10.3. The van der Waals surface area contributed by atoms with E-state index < -0.39 is 22.3 Å². The summed E-state index contributed by atoms with van der Waals surface area (Å²) in [5.74, 6) is 0.0556. The third-order valence-corrected chi connectivity index (χ3v) is 6.24. The Kier molecular flexibility index (Phi) is 6.88. The first-order valence-corrected chi connectivity index (χ1v) is 12.7. The Balaban J connectivity index is 1.67. The number of nitrogens with zero attached hydrogens (tertiary/aromatic N) is 3. The number of benzene rings is 2. The maximum atomic E-state index is 12.5. The number of thiazole rings is 1. The predicted octanol–water partition coefficient (Wildman–Crippen LogP) is 2.44. The van der Waals surface area contributed by atoms with E-state index in [1.165, 1.54) is 11.3 Å². The normalized spacial score (nSPS) is 12.7. The molecule has 34 heavy (non-hydrogen) atoms. The highest BCUT2D eigenvalue weighted by Gasteiger charge is 2.27. The number of carbonyl (C=O) groups excluding carboxylic acids is 1. The monoisotopic (exact) mass is 501 g/mol. The highest BCUT2D eigenvalue weighted by molar-refractivity contribution is 7.87. The predicted molar refractivity (Wildman–Crippen MR) is 128 cm³/mol. The molecule has 1 atom stereocenters. The Bertz CT molecular complexity index is 1400. The van der Waals surface area contributed by atoms with Crippen LogP contribution in [0.25, 0.3) is 21.3 Å². The minimum absolute atomic E-state index is 0.00688. The van der Waals surface area contributed by atoms with Gasteiger partial charge in [0.15, 0.2) is 6.04 Å². The Morgan fingerprint density at radius 1 is 1.09 bits per heavy atom. The molecular formula is C21H23N7O4S2. The van der Waals surface area contributed by atoms with Gasteiger partial charge in [-0.1, -0.05) is 36.4 Å². The topological polar surface area (TPSA) is 165 Å². The Morgan fingerprint density at radius 3 is 2.56 bits per heavy atom. The summed E-state index contributed by atoms with van der Waals surface area (Å²) in [6.07, 6.45) is 0. The van der Waals surface area contributed by atoms with Crippen molar-refractivity contribution in [3.05, 3.63) is 65.3 Å². The number of amides is 2. The minimum Gasteiger partial charge on any atom is -0.421 e. The van der Waals surface area contributed by atoms with Crippen LogP contribution in [0.3, 0.4) is 0 Å². The molecule has 2 aromatic heterocycles. The number of carbonyl (C=O) groups is 1. The van der Waals surface area contributed by atoms with Crippen molar-refractivity contribution in [1.82, 2.24) is 30.5 Å². The van der Waals surface area contributed by atoms with E-state index in [9.17, 15) is 13.2 Å². The molecule has 2 amide bonds. The van der Waals surface area contributed by atoms with Gasteiger partial charge in [0.2, 0.25) is 11.8 Å². The zero-order chi connectivity index (χ0) is 24.3. The number of hydrogen-bond donors (Lipinski definition) is 4. The molecule has 0 fully saturated rings. The van der Waals surface area contributed by atoms with Crippen molar-refractivity contribution in [1.29, 1.82) is 0 Å². The van der Waals surface area contributed by atoms with E-state index in [0.29, 0.717) is 5.01 Å². The molecule has 4 rings (SSSR count). The van der Waals surface area contributed by atoms with Crippen molar-refractivity contribution in [2.45, 2.75) is 32.5 Å². The van der Waals surface area contributed by atoms with Crippen LogP contribution in [-0.2, 0) is 16.8 Å². The lowest BCUT2D eigenvalue weighted by atomic mass is 10.1. The molecule has 13 heteroatoms. The number of fused-ring (bicyclic) bond motifs is 1. The summed E-state index contributed by atoms with van der Waals surface area (Å²) in [4.78, 5) is 17.2. The summed E-state index contributed by atoms with van der Waals surface area (Å²) >= 11 is 1.38. The molecule has 4 aromatic rings. The zero-order valence-electron chi connectivity index (χ0n) is 18.3. The standard InChI is InChI=1S/C21H23N7O4S2/c1-12(2)24-21(29)26-18(19-28-27-17(32-19)11-23-34(22,30)31)20-25-15-9-8-14(10-16(15)33-20)13-6-4-3-5-7-13/h3-10,12,18,23H,11H2,1-2H3,(H2,22,30,31)(H2,24,26,29). The van der Waals surface area contributed by atoms with Gasteiger partial charge in [-0.05, 0) is 37.1 Å². The number of nitrogens with one attached hydrogen (secondary N) is 3. The highest BCUT2D eigenvalue weighted by atomic mass is 32.2. The number of rotatable bonds is 8. The highest BCUT2D eigenvalue weighted by Crippen LogP contribution is 2.32. The van der Waals surface area contributed by atoms with Gasteiger partial charge in [-0.2, -0.15) is 13.1 Å². The summed E-state index contributed by atoms with van der Waals surface area (Å²) in [6, 6.07) is 14.5. The van der Waals surface area contributed by atoms with Crippen molar-refractivity contribution >= 4 is 37.8 Å². The SMILES string of the molecule is CC(C)NC(=O)NC(c1nnc(CNS(N)(=O)=O)o1)c1nc2ccc(-c3ccccc3)cc2s1. The van der Waals surface area contributed by atoms with Crippen LogP contribution in [-0.4, -0.2) is 35.7 Å². The molecule has 11 nitrogen and oxygen atoms in total. The van der Waals surface area contributed by atoms with Gasteiger partial charge in [-0.3, -0.25) is 0 Å². The summed E-state index contributed by atoms with van der Waals surface area (Å²) in [6.45, 7) is 3.39. The van der Waals surface area contributed by atoms with Crippen molar-refractivity contribution in [2.24, 2.45) is 5.14 Å². The lowest BCUT2D eigenvalue weighted by molar-refractivity contribution is 0.234. The van der Waals surface area contributed by atoms with Gasteiger partial charge in [0.25, 0.3) is 10.2 Å². The van der Waals surface area contributed by atoms with E-state index in [1.807, 2.05) is 62.4 Å². The summed E-state index contributed by atoms with van der Waals surface area (Å²) in [5.41, 5.74) is 2.88. The first-order chi connectivity index (χ1) is 16.2. The Morgan fingerprint density at radius 2 is 1.85 bits per heavy atom. The number of nitrogens with two attached hydrogens (primary N) is 1. The van der Waals surface area contributed by atoms with Crippen molar-refractivity contribution in [3.8, 4) is 11.1 Å². The second-order valence-corrected chi connectivity index (χ2v) is 10.1. The minimum atomic E-state index is -3.93. The average Bonchev–Trinajstić information content (AvgIpc) is 3.42. The Labute approximate surface area is 200 Å². The van der Waals surface area contributed by atoms with E-state index in [-0.39, 0.29) is 24.4 Å². The molecule has 2 aromatic carbocycles. The fourth-order valence-electron chi connectivity index (χ4n) is 3.16. The maximum absolute atomic E-state index is 12.5. The van der Waals surface area contributed by atoms with Crippen LogP contribution >= 0.6 is 11.3 Å². The van der Waals surface area contributed by atoms with Gasteiger partial charge in [0.05, 0.1) is 16.8 Å². The molecular weight excluding hydrogens is 478 g/mol. The third-order valence-electron chi connectivity index (χ3n) is 4.61. The molecule has 0 spiro atoms. The molecule has 0 aliphatic carbocycles. The van der Waals surface area contributed by atoms with Gasteiger partial charge < -0.3 is 15.1 Å². The van der Waals surface area contributed by atoms with E-state index in [0.717, 1.165) is 21.3 Å². The fourth-order valence-corrected chi connectivity index (χ4v) is 4.53. The quantitative estimate of drug-likeness (QED) is 0.288. The average molecular weight is 502 g/mol. The molecule has 0 aliphatic rings. The van der Waals surface area contributed by atoms with Crippen molar-refractivity contribution in [3.63, 3.8) is 0 Å². The van der Waals surface area contributed by atoms with Gasteiger partial charge in [-0.25, -0.2) is 14.9 Å². The van der Waals surface area contributed by atoms with E-state index in [4.69, 9.17) is 9.56 Å². The number of hydrogen-bond acceptors (Lipinski definition) is 8. The van der Waals surface area contributed by atoms with Gasteiger partial charge in [0.1, 0.15) is 5.01 Å². The molecule has 2 heterocycles. The molecule has 0 saturated heterocycles. The van der Waals surface area contributed by atoms with Crippen LogP contribution in [0.2, 0.25) is 0 Å². The molecule has 0 saturated carbocycles. The number of aromatic nitrogens is 3. The van der Waals surface area contributed by atoms with Crippen LogP contribution in [0.1, 0.15) is 36.7 Å². The van der Waals surface area contributed by atoms with Crippen LogP contribution in [0.4, 0.5) is 4.79 Å². The fraction of sp³-hybridized carbons (Fsp3) is 0.238. The van der Waals surface area contributed by atoms with Crippen molar-refractivity contribution < 1.29 is 17.6 Å². The molecule has 1 unspecified atom stereocenters. The maximum Gasteiger partial charge on any atom is 0.315 e. The second kappa shape index (κ2) is 9.85. The lowest BCUT2D eigenvalue weighted by Crippen LogP contribution is -2.41. The largest absolute Gasteiger partial charge is 0.421 e. The van der Waals surface area contributed by atoms with E-state index in [2.05, 4.69) is 30.5 Å². The van der Waals surface area contributed by atoms with Gasteiger partial charge in [0, 0.05) is 6.04 Å². The van der Waals surface area contributed by atoms with Gasteiger partial charge in [-0.15, -0.1) is 21.5 Å². The smallest absolute Gasteiger partial charge is 0.315 e. The Hall–Kier alpha value is -3.39. The van der Waals surface area contributed by atoms with Crippen LogP contribution in [0.5, 0.6) is 0 Å². The van der Waals surface area contributed by atoms with E-state index in [1.54, 1.807) is 0 Å². The summed E-state index contributed by atoms with van der Waals surface area (Å²) in [7, 11) is -3.93. The molecule has 0 aliphatic heterocycles. The van der Waals surface area contributed by atoms with Crippen LogP contribution in [0.15, 0.2) is 52.9 Å². The summed E-state index contributed by atoms with van der Waals surface area (Å²) < 4.78 is 30.9. The van der Waals surface area contributed by atoms with E-state index >= 15 is 0 Å². The molecule has 5 N–H and O–H groups in total. The van der Waals surface area contributed by atoms with Gasteiger partial charge >= 0.3 is 6.03 Å². The van der Waals surface area contributed by atoms with Crippen molar-refractivity contribution in [2.75, 3.05) is 0 Å². The molecule has 178 valence electrons. The second-order valence-electron chi connectivity index (χ2n) is 7.71. The van der Waals surface area contributed by atoms with Crippen LogP contribution < -0.4 is 20.5 Å². The first kappa shape index (κ1) is 23.8. The third kappa shape index (κ3) is 5.94. The lowest BCUT2D eigenvalue weighted by Gasteiger charge is -2.15.